The quantitative estimate of drug-likeness (QED) is 0.580. The summed E-state index contributed by atoms with van der Waals surface area (Å²) in [4.78, 5) is 32.7. The number of fused-ring (bicyclic) bond motifs is 2. The van der Waals surface area contributed by atoms with Crippen molar-refractivity contribution in [3.05, 3.63) is 77.7 Å². The van der Waals surface area contributed by atoms with Gasteiger partial charge in [0.05, 0.1) is 13.4 Å². The second-order valence-corrected chi connectivity index (χ2v) is 7.39. The van der Waals surface area contributed by atoms with Gasteiger partial charge in [0.15, 0.2) is 23.9 Å². The summed E-state index contributed by atoms with van der Waals surface area (Å²) in [7, 11) is 1.46. The zero-order chi connectivity index (χ0) is 23.0. The largest absolute Gasteiger partial charge is 0.493 e. The van der Waals surface area contributed by atoms with Crippen LogP contribution in [0.1, 0.15) is 21.7 Å². The number of anilines is 1. The lowest BCUT2D eigenvalue weighted by atomic mass is 9.75. The summed E-state index contributed by atoms with van der Waals surface area (Å²) in [5.74, 6) is -1.29. The zero-order valence-corrected chi connectivity index (χ0v) is 17.4. The molecule has 0 aliphatic carbocycles. The fourth-order valence-electron chi connectivity index (χ4n) is 4.20. The Hall–Kier alpha value is -4.58. The molecule has 9 heteroatoms. The van der Waals surface area contributed by atoms with Crippen molar-refractivity contribution in [2.24, 2.45) is 11.1 Å². The van der Waals surface area contributed by atoms with Gasteiger partial charge in [0.1, 0.15) is 17.7 Å². The highest BCUT2D eigenvalue weighted by Crippen LogP contribution is 2.50. The Labute approximate surface area is 188 Å². The number of carbonyl (C=O) groups excluding carboxylic acids is 2. The molecule has 5 rings (SSSR count). The summed E-state index contributed by atoms with van der Waals surface area (Å²) >= 11 is 0. The molecule has 164 valence electrons. The number of amides is 1. The van der Waals surface area contributed by atoms with Crippen molar-refractivity contribution in [1.82, 2.24) is 0 Å². The maximum absolute atomic E-state index is 13.6. The Morgan fingerprint density at radius 2 is 2.06 bits per heavy atom. The van der Waals surface area contributed by atoms with Crippen LogP contribution in [0.5, 0.6) is 11.5 Å². The van der Waals surface area contributed by atoms with E-state index in [9.17, 15) is 9.59 Å². The number of hydrogen-bond acceptors (Lipinski definition) is 8. The molecule has 9 nitrogen and oxygen atoms in total. The lowest BCUT2D eigenvalue weighted by Crippen LogP contribution is -2.46. The molecular weight excluding hydrogens is 426 g/mol. The Balaban J connectivity index is 1.64. The highest BCUT2D eigenvalue weighted by molar-refractivity contribution is 6.24. The smallest absolute Gasteiger partial charge is 0.277 e. The molecule has 2 atom stereocenters. The Morgan fingerprint density at radius 1 is 1.21 bits per heavy atom. The predicted octanol–water partition coefficient (Wildman–Crippen LogP) is 3.27. The third kappa shape index (κ3) is 3.03. The zero-order valence-electron chi connectivity index (χ0n) is 17.4. The van der Waals surface area contributed by atoms with E-state index < -0.39 is 23.2 Å². The molecule has 0 fully saturated rings. The van der Waals surface area contributed by atoms with E-state index in [4.69, 9.17) is 24.0 Å². The molecule has 2 aromatic carbocycles. The molecule has 0 radical (unpaired) electrons. The van der Waals surface area contributed by atoms with E-state index in [2.05, 4.69) is 10.5 Å². The van der Waals surface area contributed by atoms with Crippen LogP contribution in [-0.4, -0.2) is 31.1 Å². The molecule has 1 spiro atoms. The third-order valence-electron chi connectivity index (χ3n) is 5.66. The maximum atomic E-state index is 13.6. The van der Waals surface area contributed by atoms with Crippen molar-refractivity contribution >= 4 is 23.1 Å². The molecule has 1 aromatic heterocycles. The number of nitrogens with one attached hydrogen (secondary N) is 1. The van der Waals surface area contributed by atoms with Crippen LogP contribution in [0, 0.1) is 17.2 Å². The van der Waals surface area contributed by atoms with Crippen LogP contribution >= 0.6 is 0 Å². The Bertz CT molecular complexity index is 1320. The van der Waals surface area contributed by atoms with Crippen molar-refractivity contribution in [2.75, 3.05) is 19.0 Å². The molecule has 0 bridgehead atoms. The van der Waals surface area contributed by atoms with Gasteiger partial charge in [-0.15, -0.1) is 0 Å². The van der Waals surface area contributed by atoms with Crippen LogP contribution in [-0.2, 0) is 15.2 Å². The average Bonchev–Trinajstić information content (AvgIpc) is 3.57. The molecule has 1 N–H and O–H groups in total. The third-order valence-corrected chi connectivity index (χ3v) is 5.66. The van der Waals surface area contributed by atoms with E-state index in [-0.39, 0.29) is 18.1 Å². The number of ketones is 1. The van der Waals surface area contributed by atoms with E-state index in [1.165, 1.54) is 19.4 Å². The molecule has 2 aliphatic rings. The summed E-state index contributed by atoms with van der Waals surface area (Å²) in [6, 6.07) is 16.9. The number of methoxy groups -OCH3 is 1. The molecule has 1 amide bonds. The van der Waals surface area contributed by atoms with Crippen LogP contribution in [0.15, 0.2) is 70.4 Å². The van der Waals surface area contributed by atoms with Crippen LogP contribution in [0.4, 0.5) is 5.69 Å². The van der Waals surface area contributed by atoms with Gasteiger partial charge in [-0.05, 0) is 36.4 Å². The minimum atomic E-state index is -1.68. The summed E-state index contributed by atoms with van der Waals surface area (Å²) in [5.41, 5.74) is 0.121. The van der Waals surface area contributed by atoms with E-state index in [0.717, 1.165) is 0 Å². The van der Waals surface area contributed by atoms with Gasteiger partial charge < -0.3 is 24.0 Å². The lowest BCUT2D eigenvalue weighted by molar-refractivity contribution is -0.140. The van der Waals surface area contributed by atoms with E-state index in [1.807, 2.05) is 6.07 Å². The lowest BCUT2D eigenvalue weighted by Gasteiger charge is -2.26. The first kappa shape index (κ1) is 20.3. The van der Waals surface area contributed by atoms with Gasteiger partial charge in [-0.25, -0.2) is 0 Å². The standard InChI is InChI=1S/C24H17N3O6/c1-30-19-13-14(8-9-17(19)32-12-10-25)21-20(22(28)18-7-4-11-31-18)24(33-27-21)15-5-2-3-6-16(15)26-23(24)29/h2-9,11,13,20H,12H2,1H3,(H,26,29)/t20-,24+/m0/s1. The number of carbonyl (C=O) groups is 2. The molecule has 2 aliphatic heterocycles. The summed E-state index contributed by atoms with van der Waals surface area (Å²) in [6.07, 6.45) is 1.39. The second kappa shape index (κ2) is 7.84. The summed E-state index contributed by atoms with van der Waals surface area (Å²) in [6.45, 7) is -0.153. The van der Waals surface area contributed by atoms with Crippen LogP contribution in [0.25, 0.3) is 0 Å². The fourth-order valence-corrected chi connectivity index (χ4v) is 4.20. The first-order valence-electron chi connectivity index (χ1n) is 10.0. The van der Waals surface area contributed by atoms with Gasteiger partial charge in [-0.2, -0.15) is 5.26 Å². The number of Topliss-reactive ketones (excluding diaryl/α,β-unsaturated/α-hetero) is 1. The number of para-hydroxylation sites is 1. The van der Waals surface area contributed by atoms with E-state index in [0.29, 0.717) is 28.3 Å². The van der Waals surface area contributed by atoms with Crippen LogP contribution in [0.2, 0.25) is 0 Å². The average molecular weight is 443 g/mol. The molecule has 0 saturated carbocycles. The Morgan fingerprint density at radius 3 is 2.82 bits per heavy atom. The number of rotatable bonds is 6. The maximum Gasteiger partial charge on any atom is 0.277 e. The first-order chi connectivity index (χ1) is 16.1. The van der Waals surface area contributed by atoms with Crippen LogP contribution < -0.4 is 14.8 Å². The number of benzene rings is 2. The van der Waals surface area contributed by atoms with Crippen molar-refractivity contribution in [2.45, 2.75) is 5.60 Å². The Kier molecular flexibility index (Phi) is 4.83. The molecule has 0 unspecified atom stereocenters. The van der Waals surface area contributed by atoms with Crippen molar-refractivity contribution in [3.63, 3.8) is 0 Å². The predicted molar refractivity (Wildman–Crippen MR) is 115 cm³/mol. The number of nitriles is 1. The SMILES string of the molecule is COc1cc(C2=NO[C@@]3(C(=O)Nc4ccccc43)[C@@H]2C(=O)c2ccco2)ccc1OCC#N. The van der Waals surface area contributed by atoms with Gasteiger partial charge in [0.25, 0.3) is 11.5 Å². The fraction of sp³-hybridized carbons (Fsp3) is 0.167. The second-order valence-electron chi connectivity index (χ2n) is 7.39. The first-order valence-corrected chi connectivity index (χ1v) is 10.0. The molecule has 33 heavy (non-hydrogen) atoms. The number of nitrogens with zero attached hydrogens (tertiary/aromatic N) is 2. The van der Waals surface area contributed by atoms with Gasteiger partial charge >= 0.3 is 0 Å². The summed E-state index contributed by atoms with van der Waals surface area (Å²) < 4.78 is 16.1. The molecule has 0 saturated heterocycles. The van der Waals surface area contributed by atoms with Gasteiger partial charge in [-0.1, -0.05) is 23.4 Å². The molecular formula is C24H17N3O6. The van der Waals surface area contributed by atoms with E-state index in [1.54, 1.807) is 48.5 Å². The van der Waals surface area contributed by atoms with Gasteiger partial charge in [0, 0.05) is 16.8 Å². The highest BCUT2D eigenvalue weighted by Gasteiger charge is 2.63. The minimum absolute atomic E-state index is 0.0793. The van der Waals surface area contributed by atoms with Crippen LogP contribution in [0.3, 0.4) is 0 Å². The van der Waals surface area contributed by atoms with E-state index >= 15 is 0 Å². The normalized spacial score (nSPS) is 20.4. The van der Waals surface area contributed by atoms with Crippen molar-refractivity contribution < 1.29 is 28.3 Å². The number of ether oxygens (including phenoxy) is 2. The van der Waals surface area contributed by atoms with Crippen molar-refractivity contribution in [3.8, 4) is 17.6 Å². The minimum Gasteiger partial charge on any atom is -0.493 e. The monoisotopic (exact) mass is 443 g/mol. The van der Waals surface area contributed by atoms with Gasteiger partial charge in [-0.3, -0.25) is 9.59 Å². The molecule has 3 heterocycles. The topological polar surface area (TPSA) is 123 Å². The molecule has 3 aromatic rings. The highest BCUT2D eigenvalue weighted by atomic mass is 16.7. The summed E-state index contributed by atoms with van der Waals surface area (Å²) in [5, 5.41) is 15.8. The number of furan rings is 1. The number of hydrogen-bond donors (Lipinski definition) is 1. The van der Waals surface area contributed by atoms with Crippen molar-refractivity contribution in [1.29, 1.82) is 5.26 Å². The van der Waals surface area contributed by atoms with Gasteiger partial charge in [0.2, 0.25) is 5.78 Å². The number of oxime groups is 1.